The average Bonchev–Trinajstić information content (AvgIpc) is 2.88. The molecule has 27 heavy (non-hydrogen) atoms. The smallest absolute Gasteiger partial charge is 0.293 e. The Hall–Kier alpha value is -2.32. The van der Waals surface area contributed by atoms with Crippen LogP contribution in [0.5, 0.6) is 11.5 Å². The van der Waals surface area contributed by atoms with E-state index in [2.05, 4.69) is 15.9 Å². The standard InChI is InChI=1S/C19H15BrFNO4S/c1-2-26-15-8-11(7-13(20)17(15)23)9-16-18(24)22(19(25)27-16)10-12-5-3-4-6-14(12)21/h3-9,23H,2,10H2,1H3/b16-9-. The Morgan fingerprint density at radius 2 is 2.04 bits per heavy atom. The van der Waals surface area contributed by atoms with Gasteiger partial charge < -0.3 is 9.84 Å². The van der Waals surface area contributed by atoms with Crippen LogP contribution in [0.2, 0.25) is 0 Å². The number of thioether (sulfide) groups is 1. The van der Waals surface area contributed by atoms with Crippen molar-refractivity contribution in [2.45, 2.75) is 13.5 Å². The van der Waals surface area contributed by atoms with Crippen molar-refractivity contribution in [2.75, 3.05) is 6.61 Å². The number of hydrogen-bond acceptors (Lipinski definition) is 5. The first kappa shape index (κ1) is 19.4. The second-order valence-electron chi connectivity index (χ2n) is 5.64. The van der Waals surface area contributed by atoms with Gasteiger partial charge >= 0.3 is 0 Å². The summed E-state index contributed by atoms with van der Waals surface area (Å²) in [7, 11) is 0. The highest BCUT2D eigenvalue weighted by atomic mass is 79.9. The Kier molecular flexibility index (Phi) is 5.86. The summed E-state index contributed by atoms with van der Waals surface area (Å²) in [5.74, 6) is -0.731. The quantitative estimate of drug-likeness (QED) is 0.652. The minimum atomic E-state index is -0.490. The summed E-state index contributed by atoms with van der Waals surface area (Å²) < 4.78 is 19.6. The topological polar surface area (TPSA) is 66.8 Å². The van der Waals surface area contributed by atoms with Gasteiger partial charge in [0, 0.05) is 5.56 Å². The van der Waals surface area contributed by atoms with Crippen LogP contribution in [0.1, 0.15) is 18.1 Å². The van der Waals surface area contributed by atoms with E-state index >= 15 is 0 Å². The van der Waals surface area contributed by atoms with E-state index in [1.165, 1.54) is 12.1 Å². The Bertz CT molecular complexity index is 947. The van der Waals surface area contributed by atoms with Crippen LogP contribution < -0.4 is 4.74 Å². The summed E-state index contributed by atoms with van der Waals surface area (Å²) in [6.45, 7) is 2.02. The molecule has 1 heterocycles. The number of hydrogen-bond donors (Lipinski definition) is 1. The Labute approximate surface area is 167 Å². The van der Waals surface area contributed by atoms with Gasteiger partial charge in [-0.25, -0.2) is 4.39 Å². The Morgan fingerprint density at radius 3 is 2.74 bits per heavy atom. The van der Waals surface area contributed by atoms with Crippen LogP contribution in [-0.4, -0.2) is 27.8 Å². The van der Waals surface area contributed by atoms with E-state index in [0.717, 1.165) is 16.7 Å². The number of phenolic OH excluding ortho intramolecular Hbond substituents is 1. The lowest BCUT2D eigenvalue weighted by molar-refractivity contribution is -0.123. The van der Waals surface area contributed by atoms with E-state index in [1.807, 2.05) is 0 Å². The molecule has 2 aromatic carbocycles. The molecule has 0 radical (unpaired) electrons. The molecule has 1 aliphatic rings. The van der Waals surface area contributed by atoms with Crippen LogP contribution in [0.25, 0.3) is 6.08 Å². The third-order valence-corrected chi connectivity index (χ3v) is 5.32. The number of benzene rings is 2. The van der Waals surface area contributed by atoms with E-state index in [1.54, 1.807) is 37.3 Å². The number of carbonyl (C=O) groups excluding carboxylic acids is 2. The lowest BCUT2D eigenvalue weighted by Crippen LogP contribution is -2.27. The molecule has 0 aromatic heterocycles. The van der Waals surface area contributed by atoms with E-state index in [4.69, 9.17) is 4.74 Å². The molecule has 0 saturated carbocycles. The number of phenols is 1. The highest BCUT2D eigenvalue weighted by Gasteiger charge is 2.35. The summed E-state index contributed by atoms with van der Waals surface area (Å²) >= 11 is 4.03. The zero-order chi connectivity index (χ0) is 19.6. The Balaban J connectivity index is 1.87. The maximum atomic E-state index is 13.8. The van der Waals surface area contributed by atoms with Crippen molar-refractivity contribution in [2.24, 2.45) is 0 Å². The van der Waals surface area contributed by atoms with Gasteiger partial charge in [-0.2, -0.15) is 0 Å². The fourth-order valence-electron chi connectivity index (χ4n) is 2.53. The molecule has 2 amide bonds. The van der Waals surface area contributed by atoms with Crippen LogP contribution in [0, 0.1) is 5.82 Å². The van der Waals surface area contributed by atoms with Crippen LogP contribution in [0.4, 0.5) is 9.18 Å². The number of amides is 2. The van der Waals surface area contributed by atoms with Gasteiger partial charge in [-0.05, 0) is 64.5 Å². The normalized spacial score (nSPS) is 15.7. The summed E-state index contributed by atoms with van der Waals surface area (Å²) in [6.07, 6.45) is 1.54. The minimum Gasteiger partial charge on any atom is -0.503 e. The molecule has 5 nitrogen and oxygen atoms in total. The number of nitrogens with zero attached hydrogens (tertiary/aromatic N) is 1. The van der Waals surface area contributed by atoms with Gasteiger partial charge in [0.05, 0.1) is 22.5 Å². The highest BCUT2D eigenvalue weighted by Crippen LogP contribution is 2.38. The number of carbonyl (C=O) groups is 2. The molecular formula is C19H15BrFNO4S. The number of rotatable bonds is 5. The van der Waals surface area contributed by atoms with Gasteiger partial charge in [-0.1, -0.05) is 18.2 Å². The molecule has 1 N–H and O–H groups in total. The van der Waals surface area contributed by atoms with Gasteiger partial charge in [0.25, 0.3) is 11.1 Å². The molecule has 0 unspecified atom stereocenters. The van der Waals surface area contributed by atoms with Gasteiger partial charge in [0.15, 0.2) is 11.5 Å². The van der Waals surface area contributed by atoms with E-state index in [-0.39, 0.29) is 28.5 Å². The second kappa shape index (κ2) is 8.14. The summed E-state index contributed by atoms with van der Waals surface area (Å²) in [4.78, 5) is 26.0. The fraction of sp³-hybridized carbons (Fsp3) is 0.158. The van der Waals surface area contributed by atoms with Crippen molar-refractivity contribution in [3.8, 4) is 11.5 Å². The summed E-state index contributed by atoms with van der Waals surface area (Å²) in [6, 6.07) is 9.21. The number of halogens is 2. The molecular weight excluding hydrogens is 437 g/mol. The van der Waals surface area contributed by atoms with Crippen molar-refractivity contribution >= 4 is 44.9 Å². The largest absolute Gasteiger partial charge is 0.503 e. The molecule has 1 saturated heterocycles. The molecule has 0 aliphatic carbocycles. The molecule has 140 valence electrons. The molecule has 0 atom stereocenters. The van der Waals surface area contributed by atoms with Crippen molar-refractivity contribution in [1.82, 2.24) is 4.90 Å². The highest BCUT2D eigenvalue weighted by molar-refractivity contribution is 9.10. The van der Waals surface area contributed by atoms with Crippen molar-refractivity contribution in [3.63, 3.8) is 0 Å². The number of aromatic hydroxyl groups is 1. The summed E-state index contributed by atoms with van der Waals surface area (Å²) in [5, 5.41) is 9.52. The zero-order valence-electron chi connectivity index (χ0n) is 14.2. The third-order valence-electron chi connectivity index (χ3n) is 3.81. The van der Waals surface area contributed by atoms with Gasteiger partial charge in [0.1, 0.15) is 5.82 Å². The second-order valence-corrected chi connectivity index (χ2v) is 7.49. The van der Waals surface area contributed by atoms with Crippen molar-refractivity contribution in [1.29, 1.82) is 0 Å². The SMILES string of the molecule is CCOc1cc(/C=C2\SC(=O)N(Cc3ccccc3F)C2=O)cc(Br)c1O. The molecule has 2 aromatic rings. The van der Waals surface area contributed by atoms with Crippen LogP contribution >= 0.6 is 27.7 Å². The van der Waals surface area contributed by atoms with Crippen LogP contribution in [0.3, 0.4) is 0 Å². The molecule has 3 rings (SSSR count). The molecule has 1 aliphatic heterocycles. The average molecular weight is 452 g/mol. The maximum Gasteiger partial charge on any atom is 0.293 e. The minimum absolute atomic E-state index is 0.0401. The monoisotopic (exact) mass is 451 g/mol. The van der Waals surface area contributed by atoms with Gasteiger partial charge in [-0.15, -0.1) is 0 Å². The van der Waals surface area contributed by atoms with Crippen molar-refractivity contribution in [3.05, 3.63) is 62.7 Å². The van der Waals surface area contributed by atoms with E-state index < -0.39 is 17.0 Å². The van der Waals surface area contributed by atoms with Crippen LogP contribution in [-0.2, 0) is 11.3 Å². The molecule has 8 heteroatoms. The number of imide groups is 1. The number of ether oxygens (including phenoxy) is 1. The molecule has 0 bridgehead atoms. The van der Waals surface area contributed by atoms with Gasteiger partial charge in [-0.3, -0.25) is 14.5 Å². The molecule has 1 fully saturated rings. The predicted molar refractivity (Wildman–Crippen MR) is 105 cm³/mol. The van der Waals surface area contributed by atoms with E-state index in [0.29, 0.717) is 16.6 Å². The third kappa shape index (κ3) is 4.17. The first-order chi connectivity index (χ1) is 12.9. The zero-order valence-corrected chi connectivity index (χ0v) is 16.6. The first-order valence-electron chi connectivity index (χ1n) is 8.04. The molecule has 0 spiro atoms. The van der Waals surface area contributed by atoms with E-state index in [9.17, 15) is 19.1 Å². The first-order valence-corrected chi connectivity index (χ1v) is 9.65. The maximum absolute atomic E-state index is 13.8. The lowest BCUT2D eigenvalue weighted by Gasteiger charge is -2.13. The Morgan fingerprint density at radius 1 is 1.30 bits per heavy atom. The summed E-state index contributed by atoms with van der Waals surface area (Å²) in [5.41, 5.74) is 0.853. The predicted octanol–water partition coefficient (Wildman–Crippen LogP) is 4.93. The fourth-order valence-corrected chi connectivity index (χ4v) is 3.83. The van der Waals surface area contributed by atoms with Crippen molar-refractivity contribution < 1.29 is 23.8 Å². The van der Waals surface area contributed by atoms with Gasteiger partial charge in [0.2, 0.25) is 0 Å². The van der Waals surface area contributed by atoms with Crippen LogP contribution in [0.15, 0.2) is 45.8 Å². The lowest BCUT2D eigenvalue weighted by atomic mass is 10.1.